The van der Waals surface area contributed by atoms with Crippen LogP contribution in [0.15, 0.2) is 17.1 Å². The van der Waals surface area contributed by atoms with Crippen molar-refractivity contribution in [2.24, 2.45) is 4.99 Å². The summed E-state index contributed by atoms with van der Waals surface area (Å²) in [6, 6.07) is 1.10. The highest BCUT2D eigenvalue weighted by atomic mass is 15.2. The van der Waals surface area contributed by atoms with E-state index in [1.54, 1.807) is 0 Å². The van der Waals surface area contributed by atoms with Crippen LogP contribution in [-0.2, 0) is 0 Å². The number of rotatable bonds is 6. The van der Waals surface area contributed by atoms with Crippen molar-refractivity contribution in [1.29, 1.82) is 0 Å². The number of aliphatic imine (C=N–C) groups is 1. The molecule has 0 bridgehead atoms. The second-order valence-corrected chi connectivity index (χ2v) is 5.12. The summed E-state index contributed by atoms with van der Waals surface area (Å²) >= 11 is 0. The van der Waals surface area contributed by atoms with Gasteiger partial charge in [0.2, 0.25) is 0 Å². The molecule has 0 heterocycles. The highest BCUT2D eigenvalue weighted by Gasteiger charge is 2.11. The average molecular weight is 252 g/mol. The summed E-state index contributed by atoms with van der Waals surface area (Å²) in [6.45, 7) is 9.26. The Morgan fingerprint density at radius 2 is 2.06 bits per heavy atom. The molecule has 2 N–H and O–H groups in total. The van der Waals surface area contributed by atoms with Crippen molar-refractivity contribution in [3.8, 4) is 0 Å². The molecule has 18 heavy (non-hydrogen) atoms. The largest absolute Gasteiger partial charge is 0.357 e. The van der Waals surface area contributed by atoms with Gasteiger partial charge in [-0.05, 0) is 40.7 Å². The Bertz CT molecular complexity index is 276. The standard InChI is InChI=1S/C14H28N4/c1-5-15-14(17-13-8-6-7-9-13)16-10-11-18(4)12(2)3/h6-7,12-13H,5,8-11H2,1-4H3,(H2,15,16,17). The van der Waals surface area contributed by atoms with Gasteiger partial charge in [0.05, 0.1) is 6.54 Å². The number of hydrogen-bond acceptors (Lipinski definition) is 2. The highest BCUT2D eigenvalue weighted by molar-refractivity contribution is 5.80. The second kappa shape index (κ2) is 8.14. The predicted molar refractivity (Wildman–Crippen MR) is 79.0 cm³/mol. The normalized spacial score (nSPS) is 16.9. The molecule has 1 aliphatic carbocycles. The molecule has 104 valence electrons. The van der Waals surface area contributed by atoms with Crippen LogP contribution in [0.1, 0.15) is 33.6 Å². The molecule has 0 aliphatic heterocycles. The number of nitrogens with one attached hydrogen (secondary N) is 2. The molecule has 0 amide bonds. The van der Waals surface area contributed by atoms with E-state index in [0.29, 0.717) is 12.1 Å². The van der Waals surface area contributed by atoms with Gasteiger partial charge in [-0.25, -0.2) is 0 Å². The van der Waals surface area contributed by atoms with Gasteiger partial charge in [-0.3, -0.25) is 4.99 Å². The fourth-order valence-electron chi connectivity index (χ4n) is 1.83. The van der Waals surface area contributed by atoms with Crippen LogP contribution in [0.2, 0.25) is 0 Å². The van der Waals surface area contributed by atoms with Crippen LogP contribution in [0, 0.1) is 0 Å². The Labute approximate surface area is 112 Å². The SMILES string of the molecule is CCNC(=NCCN(C)C(C)C)NC1CC=CC1. The van der Waals surface area contributed by atoms with Gasteiger partial charge in [0, 0.05) is 25.2 Å². The van der Waals surface area contributed by atoms with Gasteiger partial charge < -0.3 is 15.5 Å². The van der Waals surface area contributed by atoms with Crippen molar-refractivity contribution in [2.75, 3.05) is 26.7 Å². The van der Waals surface area contributed by atoms with Gasteiger partial charge >= 0.3 is 0 Å². The molecule has 4 nitrogen and oxygen atoms in total. The molecule has 1 aliphatic rings. The van der Waals surface area contributed by atoms with Crippen molar-refractivity contribution >= 4 is 5.96 Å². The monoisotopic (exact) mass is 252 g/mol. The van der Waals surface area contributed by atoms with Gasteiger partial charge in [0.1, 0.15) is 0 Å². The van der Waals surface area contributed by atoms with E-state index in [2.05, 4.69) is 60.5 Å². The molecule has 4 heteroatoms. The van der Waals surface area contributed by atoms with Crippen LogP contribution >= 0.6 is 0 Å². The fourth-order valence-corrected chi connectivity index (χ4v) is 1.83. The smallest absolute Gasteiger partial charge is 0.191 e. The summed E-state index contributed by atoms with van der Waals surface area (Å²) in [5, 5.41) is 6.78. The maximum absolute atomic E-state index is 4.62. The van der Waals surface area contributed by atoms with Crippen LogP contribution in [0.3, 0.4) is 0 Å². The number of likely N-dealkylation sites (N-methyl/N-ethyl adjacent to an activating group) is 1. The number of nitrogens with zero attached hydrogens (tertiary/aromatic N) is 2. The minimum absolute atomic E-state index is 0.519. The zero-order chi connectivity index (χ0) is 13.4. The molecule has 1 rings (SSSR count). The third-order valence-corrected chi connectivity index (χ3v) is 3.30. The van der Waals surface area contributed by atoms with E-state index in [1.165, 1.54) is 0 Å². The summed E-state index contributed by atoms with van der Waals surface area (Å²) in [5.74, 6) is 0.948. The molecule has 0 unspecified atom stereocenters. The summed E-state index contributed by atoms with van der Waals surface area (Å²) in [7, 11) is 2.14. The molecule has 0 saturated carbocycles. The fraction of sp³-hybridized carbons (Fsp3) is 0.786. The lowest BCUT2D eigenvalue weighted by atomic mass is 10.2. The van der Waals surface area contributed by atoms with Gasteiger partial charge in [-0.2, -0.15) is 0 Å². The zero-order valence-corrected chi connectivity index (χ0v) is 12.2. The molecule has 0 radical (unpaired) electrons. The summed E-state index contributed by atoms with van der Waals surface area (Å²) in [5.41, 5.74) is 0. The summed E-state index contributed by atoms with van der Waals surface area (Å²) in [4.78, 5) is 6.93. The molecule has 0 saturated heterocycles. The van der Waals surface area contributed by atoms with Crippen LogP contribution in [-0.4, -0.2) is 49.6 Å². The third kappa shape index (κ3) is 5.54. The van der Waals surface area contributed by atoms with Crippen molar-refractivity contribution in [3.05, 3.63) is 12.2 Å². The van der Waals surface area contributed by atoms with E-state index in [-0.39, 0.29) is 0 Å². The molecule has 0 atom stereocenters. The first-order chi connectivity index (χ1) is 8.63. The molecular formula is C14H28N4. The van der Waals surface area contributed by atoms with E-state index in [0.717, 1.165) is 38.4 Å². The highest BCUT2D eigenvalue weighted by Crippen LogP contribution is 2.08. The van der Waals surface area contributed by atoms with E-state index in [9.17, 15) is 0 Å². The third-order valence-electron chi connectivity index (χ3n) is 3.30. The Morgan fingerprint density at radius 3 is 2.61 bits per heavy atom. The topological polar surface area (TPSA) is 39.7 Å². The first-order valence-electron chi connectivity index (χ1n) is 7.03. The number of hydrogen-bond donors (Lipinski definition) is 2. The van der Waals surface area contributed by atoms with Gasteiger partial charge in [-0.15, -0.1) is 0 Å². The van der Waals surface area contributed by atoms with Crippen LogP contribution < -0.4 is 10.6 Å². The number of guanidine groups is 1. The van der Waals surface area contributed by atoms with E-state index < -0.39 is 0 Å². The average Bonchev–Trinajstić information content (AvgIpc) is 2.81. The van der Waals surface area contributed by atoms with Crippen molar-refractivity contribution in [1.82, 2.24) is 15.5 Å². The summed E-state index contributed by atoms with van der Waals surface area (Å²) in [6.07, 6.45) is 6.67. The lowest BCUT2D eigenvalue weighted by Gasteiger charge is -2.21. The van der Waals surface area contributed by atoms with Crippen molar-refractivity contribution in [2.45, 2.75) is 45.7 Å². The maximum atomic E-state index is 4.62. The first-order valence-corrected chi connectivity index (χ1v) is 7.03. The van der Waals surface area contributed by atoms with E-state index in [1.807, 2.05) is 0 Å². The minimum atomic E-state index is 0.519. The lowest BCUT2D eigenvalue weighted by molar-refractivity contribution is 0.282. The molecule has 0 aromatic heterocycles. The lowest BCUT2D eigenvalue weighted by Crippen LogP contribution is -2.43. The maximum Gasteiger partial charge on any atom is 0.191 e. The molecule has 0 aromatic carbocycles. The predicted octanol–water partition coefficient (Wildman–Crippen LogP) is 1.60. The zero-order valence-electron chi connectivity index (χ0n) is 12.2. The van der Waals surface area contributed by atoms with Crippen molar-refractivity contribution in [3.63, 3.8) is 0 Å². The molecule has 0 spiro atoms. The van der Waals surface area contributed by atoms with E-state index >= 15 is 0 Å². The summed E-state index contributed by atoms with van der Waals surface area (Å²) < 4.78 is 0. The van der Waals surface area contributed by atoms with E-state index in [4.69, 9.17) is 0 Å². The second-order valence-electron chi connectivity index (χ2n) is 5.12. The van der Waals surface area contributed by atoms with Crippen LogP contribution in [0.4, 0.5) is 0 Å². The van der Waals surface area contributed by atoms with Gasteiger partial charge in [0.15, 0.2) is 5.96 Å². The Kier molecular flexibility index (Phi) is 6.80. The molecule has 0 aromatic rings. The molecule has 0 fully saturated rings. The first kappa shape index (κ1) is 15.0. The quantitative estimate of drug-likeness (QED) is 0.428. The van der Waals surface area contributed by atoms with Gasteiger partial charge in [-0.1, -0.05) is 12.2 Å². The van der Waals surface area contributed by atoms with Gasteiger partial charge in [0.25, 0.3) is 0 Å². The minimum Gasteiger partial charge on any atom is -0.357 e. The Hall–Kier alpha value is -1.03. The van der Waals surface area contributed by atoms with Crippen molar-refractivity contribution < 1.29 is 0 Å². The molecular weight excluding hydrogens is 224 g/mol. The van der Waals surface area contributed by atoms with Crippen LogP contribution in [0.5, 0.6) is 0 Å². The van der Waals surface area contributed by atoms with Crippen LogP contribution in [0.25, 0.3) is 0 Å². The Balaban J connectivity index is 2.34. The Morgan fingerprint density at radius 1 is 1.39 bits per heavy atom.